The Kier molecular flexibility index (Phi) is 6.26. The number of hydrazone groups is 1. The number of nitrogens with zero attached hydrogens (tertiary/aromatic N) is 3. The third-order valence-corrected chi connectivity index (χ3v) is 4.89. The van der Waals surface area contributed by atoms with Gasteiger partial charge in [0.1, 0.15) is 17.2 Å². The van der Waals surface area contributed by atoms with E-state index in [2.05, 4.69) is 20.5 Å². The van der Waals surface area contributed by atoms with Crippen molar-refractivity contribution >= 4 is 23.4 Å². The summed E-state index contributed by atoms with van der Waals surface area (Å²) in [6.45, 7) is 7.57. The van der Waals surface area contributed by atoms with Gasteiger partial charge < -0.3 is 4.42 Å². The Hall–Kier alpha value is -2.93. The summed E-state index contributed by atoms with van der Waals surface area (Å²) in [5.41, 5.74) is 6.73. The van der Waals surface area contributed by atoms with Crippen LogP contribution in [0.1, 0.15) is 45.8 Å². The third kappa shape index (κ3) is 5.29. The fourth-order valence-electron chi connectivity index (χ4n) is 2.54. The molecule has 0 saturated heterocycles. The van der Waals surface area contributed by atoms with Crippen molar-refractivity contribution in [2.24, 2.45) is 5.10 Å². The summed E-state index contributed by atoms with van der Waals surface area (Å²) in [7, 11) is 0. The lowest BCUT2D eigenvalue weighted by Crippen LogP contribution is -2.19. The van der Waals surface area contributed by atoms with Crippen molar-refractivity contribution in [2.45, 2.75) is 38.6 Å². The summed E-state index contributed by atoms with van der Waals surface area (Å²) in [5, 5.41) is 4.86. The number of carbonyl (C=O) groups excluding carboxylic acids is 1. The summed E-state index contributed by atoms with van der Waals surface area (Å²) >= 11 is 1.57. The molecule has 3 aromatic rings. The van der Waals surface area contributed by atoms with Crippen molar-refractivity contribution in [3.63, 3.8) is 0 Å². The van der Waals surface area contributed by atoms with Crippen molar-refractivity contribution < 1.29 is 9.21 Å². The molecular formula is C21H22N4O2S. The van der Waals surface area contributed by atoms with E-state index in [9.17, 15) is 4.79 Å². The van der Waals surface area contributed by atoms with E-state index in [1.807, 2.05) is 51.1 Å². The van der Waals surface area contributed by atoms with Gasteiger partial charge in [-0.25, -0.2) is 15.4 Å². The molecule has 0 aliphatic carbocycles. The number of thioether (sulfide) groups is 1. The first-order valence-corrected chi connectivity index (χ1v) is 9.85. The Balaban J connectivity index is 1.58. The third-order valence-electron chi connectivity index (χ3n) is 3.97. The van der Waals surface area contributed by atoms with Crippen LogP contribution in [0.4, 0.5) is 0 Å². The molecule has 144 valence electrons. The van der Waals surface area contributed by atoms with Crippen LogP contribution in [0.25, 0.3) is 0 Å². The van der Waals surface area contributed by atoms with Crippen LogP contribution in [0.3, 0.4) is 0 Å². The molecule has 0 spiro atoms. The zero-order valence-electron chi connectivity index (χ0n) is 16.3. The second-order valence-corrected chi connectivity index (χ2v) is 7.41. The molecule has 2 aromatic heterocycles. The molecule has 7 heteroatoms. The highest BCUT2D eigenvalue weighted by atomic mass is 32.2. The monoisotopic (exact) mass is 394 g/mol. The standard InChI is InChI=1S/C21H22N4O2S/c1-13-11-14(2)23-21(22-13)28-12-17-6-8-18(9-7-17)20(26)25-24-16(4)19-10-5-15(3)27-19/h5-11H,12H2,1-4H3,(H,25,26)/b24-16+. The highest BCUT2D eigenvalue weighted by Gasteiger charge is 2.08. The van der Waals surface area contributed by atoms with E-state index in [1.165, 1.54) is 0 Å². The van der Waals surface area contributed by atoms with Gasteiger partial charge in [-0.1, -0.05) is 23.9 Å². The first-order chi connectivity index (χ1) is 13.4. The van der Waals surface area contributed by atoms with Gasteiger partial charge >= 0.3 is 0 Å². The van der Waals surface area contributed by atoms with Crippen molar-refractivity contribution in [1.82, 2.24) is 15.4 Å². The van der Waals surface area contributed by atoms with Gasteiger partial charge in [-0.3, -0.25) is 4.79 Å². The number of furan rings is 1. The minimum atomic E-state index is -0.264. The molecular weight excluding hydrogens is 372 g/mol. The second-order valence-electron chi connectivity index (χ2n) is 6.47. The van der Waals surface area contributed by atoms with Crippen LogP contribution >= 0.6 is 11.8 Å². The Morgan fingerprint density at radius 1 is 1.07 bits per heavy atom. The van der Waals surface area contributed by atoms with Gasteiger partial charge in [0.25, 0.3) is 5.91 Å². The number of carbonyl (C=O) groups is 1. The number of hydrogen-bond donors (Lipinski definition) is 1. The van der Waals surface area contributed by atoms with E-state index in [-0.39, 0.29) is 5.91 Å². The number of hydrogen-bond acceptors (Lipinski definition) is 6. The van der Waals surface area contributed by atoms with E-state index in [4.69, 9.17) is 4.42 Å². The van der Waals surface area contributed by atoms with Crippen LogP contribution in [0.5, 0.6) is 0 Å². The van der Waals surface area contributed by atoms with Crippen LogP contribution in [-0.4, -0.2) is 21.6 Å². The smallest absolute Gasteiger partial charge is 0.271 e. The summed E-state index contributed by atoms with van der Waals surface area (Å²) < 4.78 is 5.48. The maximum absolute atomic E-state index is 12.3. The molecule has 0 fully saturated rings. The fourth-order valence-corrected chi connectivity index (χ4v) is 3.45. The number of benzene rings is 1. The van der Waals surface area contributed by atoms with Gasteiger partial charge in [0.05, 0.1) is 0 Å². The van der Waals surface area contributed by atoms with Gasteiger partial charge in [0, 0.05) is 22.7 Å². The predicted molar refractivity (Wildman–Crippen MR) is 111 cm³/mol. The van der Waals surface area contributed by atoms with E-state index >= 15 is 0 Å². The Bertz CT molecular complexity index is 989. The van der Waals surface area contributed by atoms with Crippen LogP contribution in [0, 0.1) is 20.8 Å². The average Bonchev–Trinajstić information content (AvgIpc) is 3.10. The highest BCUT2D eigenvalue weighted by Crippen LogP contribution is 2.20. The topological polar surface area (TPSA) is 80.4 Å². The molecule has 1 aromatic carbocycles. The SMILES string of the molecule is C/C(=N\NC(=O)c1ccc(CSc2nc(C)cc(C)n2)cc1)c1ccc(C)o1. The zero-order valence-corrected chi connectivity index (χ0v) is 17.1. The average molecular weight is 395 g/mol. The van der Waals surface area contributed by atoms with Crippen LogP contribution in [0.2, 0.25) is 0 Å². The van der Waals surface area contributed by atoms with Crippen molar-refractivity contribution in [1.29, 1.82) is 0 Å². The molecule has 2 heterocycles. The Morgan fingerprint density at radius 2 is 1.75 bits per heavy atom. The lowest BCUT2D eigenvalue weighted by molar-refractivity contribution is 0.0955. The van der Waals surface area contributed by atoms with Crippen LogP contribution < -0.4 is 5.43 Å². The minimum Gasteiger partial charge on any atom is -0.460 e. The number of aromatic nitrogens is 2. The van der Waals surface area contributed by atoms with E-state index in [0.29, 0.717) is 17.0 Å². The lowest BCUT2D eigenvalue weighted by atomic mass is 10.1. The lowest BCUT2D eigenvalue weighted by Gasteiger charge is -2.05. The van der Waals surface area contributed by atoms with E-state index in [0.717, 1.165) is 33.6 Å². The molecule has 1 N–H and O–H groups in total. The van der Waals surface area contributed by atoms with Crippen LogP contribution in [0.15, 0.2) is 57.1 Å². The molecule has 0 saturated carbocycles. The van der Waals surface area contributed by atoms with Crippen molar-refractivity contribution in [3.8, 4) is 0 Å². The first kappa shape index (κ1) is 19.8. The molecule has 6 nitrogen and oxygen atoms in total. The van der Waals surface area contributed by atoms with Crippen LogP contribution in [-0.2, 0) is 5.75 Å². The van der Waals surface area contributed by atoms with Gasteiger partial charge in [0.2, 0.25) is 0 Å². The van der Waals surface area contributed by atoms with Crippen molar-refractivity contribution in [3.05, 3.63) is 76.5 Å². The Labute approximate surface area is 168 Å². The molecule has 0 aliphatic rings. The zero-order chi connectivity index (χ0) is 20.1. The first-order valence-electron chi connectivity index (χ1n) is 8.86. The molecule has 0 unspecified atom stereocenters. The van der Waals surface area contributed by atoms with Gasteiger partial charge in [-0.05, 0) is 63.6 Å². The maximum Gasteiger partial charge on any atom is 0.271 e. The number of nitrogens with one attached hydrogen (secondary N) is 1. The molecule has 1 amide bonds. The second kappa shape index (κ2) is 8.84. The number of aryl methyl sites for hydroxylation is 3. The molecule has 28 heavy (non-hydrogen) atoms. The molecule has 3 rings (SSSR count). The molecule has 0 bridgehead atoms. The number of rotatable bonds is 6. The predicted octanol–water partition coefficient (Wildman–Crippen LogP) is 4.44. The van der Waals surface area contributed by atoms with E-state index in [1.54, 1.807) is 30.8 Å². The minimum absolute atomic E-state index is 0.264. The Morgan fingerprint density at radius 3 is 2.36 bits per heavy atom. The molecule has 0 aliphatic heterocycles. The van der Waals surface area contributed by atoms with Gasteiger partial charge in [-0.15, -0.1) is 0 Å². The fraction of sp³-hybridized carbons (Fsp3) is 0.238. The summed E-state index contributed by atoms with van der Waals surface area (Å²) in [5.74, 6) is 1.91. The van der Waals surface area contributed by atoms with Gasteiger partial charge in [0.15, 0.2) is 5.16 Å². The maximum atomic E-state index is 12.3. The normalized spacial score (nSPS) is 11.5. The molecule has 0 radical (unpaired) electrons. The molecule has 0 atom stereocenters. The summed E-state index contributed by atoms with van der Waals surface area (Å²) in [6.07, 6.45) is 0. The summed E-state index contributed by atoms with van der Waals surface area (Å²) in [4.78, 5) is 21.1. The van der Waals surface area contributed by atoms with E-state index < -0.39 is 0 Å². The largest absolute Gasteiger partial charge is 0.460 e. The van der Waals surface area contributed by atoms with Gasteiger partial charge in [-0.2, -0.15) is 5.10 Å². The van der Waals surface area contributed by atoms with Crippen molar-refractivity contribution in [2.75, 3.05) is 0 Å². The summed E-state index contributed by atoms with van der Waals surface area (Å²) in [6, 6.07) is 13.1. The highest BCUT2D eigenvalue weighted by molar-refractivity contribution is 7.98. The quantitative estimate of drug-likeness (QED) is 0.289. The number of amides is 1.